The second-order valence-corrected chi connectivity index (χ2v) is 7.63. The molecule has 4 heteroatoms. The van der Waals surface area contributed by atoms with Gasteiger partial charge in [-0.25, -0.2) is 8.78 Å². The first-order valence-electron chi connectivity index (χ1n) is 7.05. The lowest BCUT2D eigenvalue weighted by Gasteiger charge is -2.20. The van der Waals surface area contributed by atoms with Crippen LogP contribution in [0, 0.1) is 17.6 Å². The summed E-state index contributed by atoms with van der Waals surface area (Å²) in [5.74, 6) is 0.378. The van der Waals surface area contributed by atoms with E-state index in [0.29, 0.717) is 18.0 Å². The van der Waals surface area contributed by atoms with E-state index in [9.17, 15) is 8.78 Å². The van der Waals surface area contributed by atoms with E-state index < -0.39 is 11.6 Å². The van der Waals surface area contributed by atoms with Gasteiger partial charge in [0.15, 0.2) is 0 Å². The minimum atomic E-state index is -0.454. The van der Waals surface area contributed by atoms with Gasteiger partial charge in [0.05, 0.1) is 4.90 Å². The van der Waals surface area contributed by atoms with Gasteiger partial charge < -0.3 is 5.32 Å². The van der Waals surface area contributed by atoms with Gasteiger partial charge in [-0.15, -0.1) is 11.8 Å². The summed E-state index contributed by atoms with van der Waals surface area (Å²) in [5, 5.41) is 3.23. The molecule has 1 aromatic carbocycles. The lowest BCUT2D eigenvalue weighted by atomic mass is 10.1. The third-order valence-corrected chi connectivity index (χ3v) is 3.94. The van der Waals surface area contributed by atoms with E-state index in [1.165, 1.54) is 23.9 Å². The molecule has 0 aliphatic carbocycles. The van der Waals surface area contributed by atoms with Crippen molar-refractivity contribution in [1.29, 1.82) is 0 Å². The highest BCUT2D eigenvalue weighted by molar-refractivity contribution is 7.99. The van der Waals surface area contributed by atoms with Crippen LogP contribution >= 0.6 is 11.8 Å². The third kappa shape index (κ3) is 6.23. The minimum absolute atomic E-state index is 0.0718. The van der Waals surface area contributed by atoms with Gasteiger partial charge in [0.2, 0.25) is 0 Å². The summed E-state index contributed by atoms with van der Waals surface area (Å²) in [7, 11) is 0. The standard InChI is InChI=1S/C16H25F2NS/c1-11(2)6-7-20-15-13(17)8-12(9-14(15)18)10-19-16(3,4)5/h8-9,11,19H,6-7,10H2,1-5H3. The molecule has 114 valence electrons. The molecule has 0 heterocycles. The molecule has 0 aliphatic heterocycles. The lowest BCUT2D eigenvalue weighted by Crippen LogP contribution is -2.35. The van der Waals surface area contributed by atoms with Crippen LogP contribution in [0.5, 0.6) is 0 Å². The maximum atomic E-state index is 14.0. The van der Waals surface area contributed by atoms with Gasteiger partial charge in [0.1, 0.15) is 11.6 Å². The SMILES string of the molecule is CC(C)CCSc1c(F)cc(CNC(C)(C)C)cc1F. The van der Waals surface area contributed by atoms with Gasteiger partial charge in [-0.05, 0) is 56.6 Å². The molecule has 0 bridgehead atoms. The normalized spacial score (nSPS) is 12.2. The van der Waals surface area contributed by atoms with E-state index in [-0.39, 0.29) is 10.4 Å². The van der Waals surface area contributed by atoms with E-state index >= 15 is 0 Å². The molecule has 1 aromatic rings. The maximum absolute atomic E-state index is 14.0. The maximum Gasteiger partial charge on any atom is 0.140 e. The Bertz CT molecular complexity index is 416. The van der Waals surface area contributed by atoms with Gasteiger partial charge in [-0.2, -0.15) is 0 Å². The van der Waals surface area contributed by atoms with Crippen LogP contribution in [0.2, 0.25) is 0 Å². The summed E-state index contributed by atoms with van der Waals surface area (Å²) < 4.78 is 27.9. The molecular weight excluding hydrogens is 276 g/mol. The molecule has 0 fully saturated rings. The minimum Gasteiger partial charge on any atom is -0.308 e. The predicted molar refractivity (Wildman–Crippen MR) is 83.1 cm³/mol. The second kappa shape index (κ2) is 7.41. The largest absolute Gasteiger partial charge is 0.308 e. The van der Waals surface area contributed by atoms with Crippen molar-refractivity contribution in [2.24, 2.45) is 5.92 Å². The molecule has 0 atom stereocenters. The Labute approximate surface area is 125 Å². The van der Waals surface area contributed by atoms with Crippen LogP contribution in [0.3, 0.4) is 0 Å². The average molecular weight is 301 g/mol. The summed E-state index contributed by atoms with van der Waals surface area (Å²) in [4.78, 5) is 0.144. The van der Waals surface area contributed by atoms with Crippen LogP contribution in [0.25, 0.3) is 0 Å². The van der Waals surface area contributed by atoms with Crippen molar-refractivity contribution in [2.45, 2.75) is 58.0 Å². The van der Waals surface area contributed by atoms with Crippen LogP contribution in [0.1, 0.15) is 46.6 Å². The average Bonchev–Trinajstić information content (AvgIpc) is 2.29. The van der Waals surface area contributed by atoms with E-state index in [0.717, 1.165) is 12.2 Å². The highest BCUT2D eigenvalue weighted by Crippen LogP contribution is 2.28. The molecular formula is C16H25F2NS. The number of halogens is 2. The van der Waals surface area contributed by atoms with Gasteiger partial charge in [0, 0.05) is 12.1 Å². The van der Waals surface area contributed by atoms with Gasteiger partial charge >= 0.3 is 0 Å². The lowest BCUT2D eigenvalue weighted by molar-refractivity contribution is 0.422. The van der Waals surface area contributed by atoms with Crippen LogP contribution in [-0.2, 0) is 6.54 Å². The first-order chi connectivity index (χ1) is 9.19. The summed E-state index contributed by atoms with van der Waals surface area (Å²) in [6.45, 7) is 10.7. The van der Waals surface area contributed by atoms with Crippen LogP contribution < -0.4 is 5.32 Å². The molecule has 0 amide bonds. The van der Waals surface area contributed by atoms with Crippen LogP contribution in [0.15, 0.2) is 17.0 Å². The Kier molecular flexibility index (Phi) is 6.46. The number of thioether (sulfide) groups is 1. The summed E-state index contributed by atoms with van der Waals surface area (Å²) in [5.41, 5.74) is 0.570. The van der Waals surface area contributed by atoms with E-state index in [2.05, 4.69) is 19.2 Å². The highest BCUT2D eigenvalue weighted by Gasteiger charge is 2.14. The summed E-state index contributed by atoms with van der Waals surface area (Å²) in [6.07, 6.45) is 0.955. The van der Waals surface area contributed by atoms with Crippen molar-refractivity contribution >= 4 is 11.8 Å². The topological polar surface area (TPSA) is 12.0 Å². The zero-order valence-corrected chi connectivity index (χ0v) is 13.8. The van der Waals surface area contributed by atoms with Gasteiger partial charge in [0.25, 0.3) is 0 Å². The zero-order valence-electron chi connectivity index (χ0n) is 13.0. The van der Waals surface area contributed by atoms with Crippen LogP contribution in [0.4, 0.5) is 8.78 Å². The molecule has 20 heavy (non-hydrogen) atoms. The monoisotopic (exact) mass is 301 g/mol. The quantitative estimate of drug-likeness (QED) is 0.743. The van der Waals surface area contributed by atoms with E-state index in [1.54, 1.807) is 0 Å². The molecule has 0 unspecified atom stereocenters. The number of benzene rings is 1. The van der Waals surface area contributed by atoms with Crippen molar-refractivity contribution in [3.05, 3.63) is 29.3 Å². The number of rotatable bonds is 6. The number of hydrogen-bond donors (Lipinski definition) is 1. The molecule has 1 nitrogen and oxygen atoms in total. The Balaban J connectivity index is 2.71. The Hall–Kier alpha value is -0.610. The second-order valence-electron chi connectivity index (χ2n) is 6.52. The molecule has 0 spiro atoms. The van der Waals surface area contributed by atoms with Crippen LogP contribution in [-0.4, -0.2) is 11.3 Å². The highest BCUT2D eigenvalue weighted by atomic mass is 32.2. The molecule has 0 saturated carbocycles. The predicted octanol–water partition coefficient (Wildman–Crippen LogP) is 4.99. The molecule has 0 aliphatic rings. The number of hydrogen-bond acceptors (Lipinski definition) is 2. The third-order valence-electron chi connectivity index (χ3n) is 2.82. The van der Waals surface area contributed by atoms with E-state index in [1.807, 2.05) is 20.8 Å². The smallest absolute Gasteiger partial charge is 0.140 e. The fourth-order valence-corrected chi connectivity index (χ4v) is 2.80. The fourth-order valence-electron chi connectivity index (χ4n) is 1.62. The van der Waals surface area contributed by atoms with Gasteiger partial charge in [-0.1, -0.05) is 13.8 Å². The Morgan fingerprint density at radius 1 is 1.15 bits per heavy atom. The molecule has 0 radical (unpaired) electrons. The Morgan fingerprint density at radius 2 is 1.70 bits per heavy atom. The van der Waals surface area contributed by atoms with E-state index in [4.69, 9.17) is 0 Å². The first-order valence-corrected chi connectivity index (χ1v) is 8.03. The fraction of sp³-hybridized carbons (Fsp3) is 0.625. The molecule has 0 aromatic heterocycles. The van der Waals surface area contributed by atoms with Crippen molar-refractivity contribution < 1.29 is 8.78 Å². The molecule has 1 N–H and O–H groups in total. The zero-order chi connectivity index (χ0) is 15.3. The Morgan fingerprint density at radius 3 is 2.15 bits per heavy atom. The molecule has 0 saturated heterocycles. The van der Waals surface area contributed by atoms with Crippen molar-refractivity contribution in [2.75, 3.05) is 5.75 Å². The number of nitrogens with one attached hydrogen (secondary N) is 1. The molecule has 1 rings (SSSR count). The summed E-state index contributed by atoms with van der Waals surface area (Å²) in [6, 6.07) is 2.86. The van der Waals surface area contributed by atoms with Crippen molar-refractivity contribution in [1.82, 2.24) is 5.32 Å². The van der Waals surface area contributed by atoms with Crippen molar-refractivity contribution in [3.8, 4) is 0 Å². The summed E-state index contributed by atoms with van der Waals surface area (Å²) >= 11 is 1.26. The van der Waals surface area contributed by atoms with Crippen molar-refractivity contribution in [3.63, 3.8) is 0 Å². The first kappa shape index (κ1) is 17.4. The van der Waals surface area contributed by atoms with Gasteiger partial charge in [-0.3, -0.25) is 0 Å².